The lowest BCUT2D eigenvalue weighted by molar-refractivity contribution is -0.122. The molecule has 0 aromatic heterocycles. The molecular weight excluding hydrogens is 502 g/mol. The minimum absolute atomic E-state index is 0.102. The van der Waals surface area contributed by atoms with Gasteiger partial charge in [0.25, 0.3) is 0 Å². The van der Waals surface area contributed by atoms with Crippen LogP contribution in [0.5, 0.6) is 0 Å². The highest BCUT2D eigenvalue weighted by Gasteiger charge is 2.48. The van der Waals surface area contributed by atoms with E-state index >= 15 is 0 Å². The Bertz CT molecular complexity index is 909. The minimum atomic E-state index is -5.44. The molecule has 2 N–H and O–H groups in total. The van der Waals surface area contributed by atoms with Gasteiger partial charge in [0.05, 0.1) is 0 Å². The summed E-state index contributed by atoms with van der Waals surface area (Å²) in [6.45, 7) is 6.70. The van der Waals surface area contributed by atoms with Crippen LogP contribution in [-0.2, 0) is 21.4 Å². The first-order valence-electron chi connectivity index (χ1n) is 10.6. The standard InChI is InChI=1S/C21H30Cl2F3N3O3S/c1-20(2,3)18(28-33(31,32)21(24,25)26)13-29-6-4-14(5-7-29)10-19(30)27-12-15-8-16(22)11-17(23)9-15/h8-9,11,14,18,28H,4-7,10,12-13H2,1-3H3,(H,27,30). The molecule has 0 aliphatic carbocycles. The third kappa shape index (κ3) is 8.90. The number of nitrogens with zero attached hydrogens (tertiary/aromatic N) is 1. The second-order valence-electron chi connectivity index (χ2n) is 9.49. The van der Waals surface area contributed by atoms with E-state index < -0.39 is 27.0 Å². The number of carbonyl (C=O) groups is 1. The lowest BCUT2D eigenvalue weighted by atomic mass is 9.86. The lowest BCUT2D eigenvalue weighted by Gasteiger charge is -2.38. The fraction of sp³-hybridized carbons (Fsp3) is 0.667. The molecule has 1 aliphatic rings. The SMILES string of the molecule is CC(C)(C)C(CN1CCC(CC(=O)NCc2cc(Cl)cc(Cl)c2)CC1)NS(=O)(=O)C(F)(F)F. The topological polar surface area (TPSA) is 78.5 Å². The normalized spacial score (nSPS) is 17.7. The number of hydrogen-bond donors (Lipinski definition) is 2. The maximum absolute atomic E-state index is 12.8. The number of likely N-dealkylation sites (tertiary alicyclic amines) is 1. The number of carbonyl (C=O) groups excluding carboxylic acids is 1. The minimum Gasteiger partial charge on any atom is -0.352 e. The van der Waals surface area contributed by atoms with Crippen molar-refractivity contribution >= 4 is 39.1 Å². The zero-order valence-electron chi connectivity index (χ0n) is 18.8. The third-order valence-corrected chi connectivity index (χ3v) is 7.32. The van der Waals surface area contributed by atoms with E-state index in [1.807, 2.05) is 9.62 Å². The van der Waals surface area contributed by atoms with E-state index in [0.717, 1.165) is 5.56 Å². The summed E-state index contributed by atoms with van der Waals surface area (Å²) in [5.41, 5.74) is -5.27. The van der Waals surface area contributed by atoms with Gasteiger partial charge in [-0.1, -0.05) is 44.0 Å². The van der Waals surface area contributed by atoms with Crippen molar-refractivity contribution in [3.8, 4) is 0 Å². The quantitative estimate of drug-likeness (QED) is 0.515. The molecule has 1 amide bonds. The first-order valence-corrected chi connectivity index (χ1v) is 12.8. The predicted octanol–water partition coefficient (Wildman–Crippen LogP) is 4.57. The Balaban J connectivity index is 1.84. The molecule has 1 aromatic carbocycles. The van der Waals surface area contributed by atoms with Gasteiger partial charge in [-0.3, -0.25) is 4.79 Å². The Morgan fingerprint density at radius 1 is 1.12 bits per heavy atom. The molecule has 0 bridgehead atoms. The van der Waals surface area contributed by atoms with E-state index in [-0.39, 0.29) is 18.4 Å². The largest absolute Gasteiger partial charge is 0.511 e. The molecule has 0 saturated carbocycles. The second-order valence-corrected chi connectivity index (χ2v) is 12.1. The van der Waals surface area contributed by atoms with Crippen LogP contribution in [0.25, 0.3) is 0 Å². The van der Waals surface area contributed by atoms with Gasteiger partial charge in [-0.2, -0.15) is 13.2 Å². The van der Waals surface area contributed by atoms with Crippen molar-refractivity contribution in [1.82, 2.24) is 14.9 Å². The van der Waals surface area contributed by atoms with Crippen LogP contribution in [0.2, 0.25) is 10.0 Å². The highest BCUT2D eigenvalue weighted by Crippen LogP contribution is 2.28. The van der Waals surface area contributed by atoms with Crippen LogP contribution in [-0.4, -0.2) is 50.4 Å². The van der Waals surface area contributed by atoms with E-state index in [4.69, 9.17) is 23.2 Å². The van der Waals surface area contributed by atoms with Gasteiger partial charge in [-0.05, 0) is 61.0 Å². The van der Waals surface area contributed by atoms with Crippen molar-refractivity contribution in [2.75, 3.05) is 19.6 Å². The average Bonchev–Trinajstić information content (AvgIpc) is 2.65. The Morgan fingerprint density at radius 3 is 2.15 bits per heavy atom. The van der Waals surface area contributed by atoms with Crippen LogP contribution >= 0.6 is 23.2 Å². The number of nitrogens with one attached hydrogen (secondary N) is 2. The van der Waals surface area contributed by atoms with Crippen LogP contribution in [0.15, 0.2) is 18.2 Å². The first kappa shape index (κ1) is 28.2. The highest BCUT2D eigenvalue weighted by atomic mass is 35.5. The lowest BCUT2D eigenvalue weighted by Crippen LogP contribution is -2.54. The monoisotopic (exact) mass is 531 g/mol. The Kier molecular flexibility index (Phi) is 9.49. The summed E-state index contributed by atoms with van der Waals surface area (Å²) in [5, 5.41) is 3.83. The smallest absolute Gasteiger partial charge is 0.352 e. The molecule has 6 nitrogen and oxygen atoms in total. The summed E-state index contributed by atoms with van der Waals surface area (Å²) in [6, 6.07) is 4.16. The molecule has 1 unspecified atom stereocenters. The van der Waals surface area contributed by atoms with E-state index in [2.05, 4.69) is 5.32 Å². The van der Waals surface area contributed by atoms with Crippen LogP contribution in [0.3, 0.4) is 0 Å². The zero-order valence-corrected chi connectivity index (χ0v) is 21.1. The number of rotatable bonds is 8. The second kappa shape index (κ2) is 11.1. The molecule has 12 heteroatoms. The number of sulfonamides is 1. The number of benzene rings is 1. The van der Waals surface area contributed by atoms with Crippen LogP contribution < -0.4 is 10.0 Å². The molecule has 1 aliphatic heterocycles. The summed E-state index contributed by atoms with van der Waals surface area (Å²) in [5.74, 6) is 0.0409. The van der Waals surface area contributed by atoms with Crippen molar-refractivity contribution in [1.29, 1.82) is 0 Å². The molecular formula is C21H30Cl2F3N3O3S. The van der Waals surface area contributed by atoms with Crippen molar-refractivity contribution < 1.29 is 26.4 Å². The van der Waals surface area contributed by atoms with E-state index in [9.17, 15) is 26.4 Å². The fourth-order valence-electron chi connectivity index (χ4n) is 3.62. The van der Waals surface area contributed by atoms with Crippen molar-refractivity contribution in [2.24, 2.45) is 11.3 Å². The number of piperidine rings is 1. The average molecular weight is 532 g/mol. The van der Waals surface area contributed by atoms with E-state index in [1.54, 1.807) is 39.0 Å². The summed E-state index contributed by atoms with van der Waals surface area (Å²) >= 11 is 11.9. The molecule has 0 radical (unpaired) electrons. The molecule has 2 rings (SSSR count). The predicted molar refractivity (Wildman–Crippen MR) is 123 cm³/mol. The summed E-state index contributed by atoms with van der Waals surface area (Å²) in [6.07, 6.45) is 1.73. The van der Waals surface area contributed by atoms with Gasteiger partial charge in [0.2, 0.25) is 5.91 Å². The van der Waals surface area contributed by atoms with Gasteiger partial charge in [0, 0.05) is 35.6 Å². The van der Waals surface area contributed by atoms with Gasteiger partial charge in [-0.15, -0.1) is 0 Å². The number of amides is 1. The summed E-state index contributed by atoms with van der Waals surface area (Å²) in [4.78, 5) is 14.3. The molecule has 1 fully saturated rings. The molecule has 188 valence electrons. The molecule has 1 aromatic rings. The molecule has 1 saturated heterocycles. The van der Waals surface area contributed by atoms with E-state index in [0.29, 0.717) is 48.9 Å². The Morgan fingerprint density at radius 2 is 1.67 bits per heavy atom. The van der Waals surface area contributed by atoms with Gasteiger partial charge in [-0.25, -0.2) is 13.1 Å². The highest BCUT2D eigenvalue weighted by molar-refractivity contribution is 7.90. The van der Waals surface area contributed by atoms with Gasteiger partial charge in [0.15, 0.2) is 0 Å². The Hall–Kier alpha value is -1.07. The fourth-order valence-corrected chi connectivity index (χ4v) is 5.13. The van der Waals surface area contributed by atoms with Crippen LogP contribution in [0, 0.1) is 11.3 Å². The zero-order chi connectivity index (χ0) is 25.0. The maximum atomic E-state index is 12.8. The maximum Gasteiger partial charge on any atom is 0.511 e. The third-order valence-electron chi connectivity index (χ3n) is 5.68. The van der Waals surface area contributed by atoms with Gasteiger partial charge >= 0.3 is 15.5 Å². The van der Waals surface area contributed by atoms with Crippen molar-refractivity contribution in [3.63, 3.8) is 0 Å². The van der Waals surface area contributed by atoms with Gasteiger partial charge < -0.3 is 10.2 Å². The Labute approximate surface area is 203 Å². The first-order chi connectivity index (χ1) is 15.1. The molecule has 1 atom stereocenters. The van der Waals surface area contributed by atoms with Gasteiger partial charge in [0.1, 0.15) is 0 Å². The van der Waals surface area contributed by atoms with Crippen LogP contribution in [0.4, 0.5) is 13.2 Å². The van der Waals surface area contributed by atoms with Crippen LogP contribution in [0.1, 0.15) is 45.6 Å². The number of halogens is 5. The molecule has 1 heterocycles. The summed E-state index contributed by atoms with van der Waals surface area (Å²) in [7, 11) is -5.44. The summed E-state index contributed by atoms with van der Waals surface area (Å²) < 4.78 is 63.5. The molecule has 0 spiro atoms. The number of hydrogen-bond acceptors (Lipinski definition) is 4. The number of alkyl halides is 3. The van der Waals surface area contributed by atoms with E-state index in [1.165, 1.54) is 0 Å². The van der Waals surface area contributed by atoms with Crippen molar-refractivity contribution in [2.45, 2.75) is 58.1 Å². The van der Waals surface area contributed by atoms with Crippen molar-refractivity contribution in [3.05, 3.63) is 33.8 Å². The molecule has 33 heavy (non-hydrogen) atoms.